The van der Waals surface area contributed by atoms with E-state index in [2.05, 4.69) is 10.6 Å². The number of hydrogen-bond acceptors (Lipinski definition) is 6. The standard InChI is InChI=1S/C26H18N2O8/c29-15-9-5-13(6-10-15)27-23(31)19-17-3-1-2-4-18(17)20(25(33)34)22(26(35)36)21(19)24(32)28-14-7-11-16(30)12-8-14/h1-12,29-30H,(H,27,31)(H,28,32)(H,33,34)(H,35,36). The van der Waals surface area contributed by atoms with Gasteiger partial charge >= 0.3 is 11.9 Å². The summed E-state index contributed by atoms with van der Waals surface area (Å²) in [4.78, 5) is 51.4. The van der Waals surface area contributed by atoms with Gasteiger partial charge in [-0.25, -0.2) is 9.59 Å². The van der Waals surface area contributed by atoms with E-state index < -0.39 is 40.4 Å². The Balaban J connectivity index is 1.99. The number of rotatable bonds is 6. The fraction of sp³-hybridized carbons (Fsp3) is 0. The van der Waals surface area contributed by atoms with Crippen molar-refractivity contribution in [3.63, 3.8) is 0 Å². The minimum Gasteiger partial charge on any atom is -0.508 e. The first kappa shape index (κ1) is 23.8. The van der Waals surface area contributed by atoms with E-state index in [1.807, 2.05) is 0 Å². The van der Waals surface area contributed by atoms with E-state index in [4.69, 9.17) is 0 Å². The summed E-state index contributed by atoms with van der Waals surface area (Å²) < 4.78 is 0. The molecule has 4 aromatic carbocycles. The molecule has 0 unspecified atom stereocenters. The molecule has 0 atom stereocenters. The number of carbonyl (C=O) groups excluding carboxylic acids is 2. The summed E-state index contributed by atoms with van der Waals surface area (Å²) in [5.41, 5.74) is -2.08. The lowest BCUT2D eigenvalue weighted by Gasteiger charge is -2.18. The Labute approximate surface area is 203 Å². The summed E-state index contributed by atoms with van der Waals surface area (Å²) in [7, 11) is 0. The first-order chi connectivity index (χ1) is 17.2. The Bertz CT molecular complexity index is 1530. The lowest BCUT2D eigenvalue weighted by molar-refractivity contribution is 0.0651. The Morgan fingerprint density at radius 2 is 0.889 bits per heavy atom. The maximum absolute atomic E-state index is 13.5. The predicted octanol–water partition coefficient (Wildman–Crippen LogP) is 4.15. The second-order valence-electron chi connectivity index (χ2n) is 7.66. The average molecular weight is 486 g/mol. The van der Waals surface area contributed by atoms with Crippen LogP contribution in [0.25, 0.3) is 10.8 Å². The molecule has 0 aliphatic carbocycles. The summed E-state index contributed by atoms with van der Waals surface area (Å²) in [6.45, 7) is 0. The highest BCUT2D eigenvalue weighted by Crippen LogP contribution is 2.33. The summed E-state index contributed by atoms with van der Waals surface area (Å²) >= 11 is 0. The van der Waals surface area contributed by atoms with Crippen molar-refractivity contribution in [2.24, 2.45) is 0 Å². The number of hydrogen-bond donors (Lipinski definition) is 6. The Hall–Kier alpha value is -5.38. The van der Waals surface area contributed by atoms with Crippen LogP contribution in [0.5, 0.6) is 11.5 Å². The van der Waals surface area contributed by atoms with Gasteiger partial charge in [0.2, 0.25) is 0 Å². The molecule has 0 spiro atoms. The van der Waals surface area contributed by atoms with Gasteiger partial charge in [0.25, 0.3) is 11.8 Å². The number of aromatic hydroxyl groups is 2. The normalized spacial score (nSPS) is 10.6. The number of phenolic OH excluding ortho intramolecular Hbond substituents is 2. The maximum atomic E-state index is 13.5. The Morgan fingerprint density at radius 1 is 0.500 bits per heavy atom. The molecule has 4 aromatic rings. The SMILES string of the molecule is O=C(O)c1c(C(=O)Nc2ccc(O)cc2)c(C(=O)Nc2ccc(O)cc2)c2ccccc2c1C(=O)O. The van der Waals surface area contributed by atoms with Crippen molar-refractivity contribution < 1.29 is 39.6 Å². The minimum absolute atomic E-state index is 0.0422. The number of carboxylic acids is 2. The second kappa shape index (κ2) is 9.47. The van der Waals surface area contributed by atoms with E-state index in [1.54, 1.807) is 0 Å². The molecule has 0 saturated heterocycles. The van der Waals surface area contributed by atoms with Gasteiger partial charge in [0, 0.05) is 11.4 Å². The first-order valence-electron chi connectivity index (χ1n) is 10.4. The molecular formula is C26H18N2O8. The van der Waals surface area contributed by atoms with Gasteiger partial charge in [-0.05, 0) is 59.3 Å². The van der Waals surface area contributed by atoms with Crippen molar-refractivity contribution >= 4 is 45.9 Å². The Kier molecular flexibility index (Phi) is 6.25. The highest BCUT2D eigenvalue weighted by molar-refractivity contribution is 6.28. The molecule has 0 radical (unpaired) electrons. The van der Waals surface area contributed by atoms with E-state index in [0.29, 0.717) is 0 Å². The van der Waals surface area contributed by atoms with Crippen molar-refractivity contribution in [2.75, 3.05) is 10.6 Å². The Morgan fingerprint density at radius 3 is 1.31 bits per heavy atom. The van der Waals surface area contributed by atoms with Crippen molar-refractivity contribution in [3.8, 4) is 11.5 Å². The van der Waals surface area contributed by atoms with Crippen molar-refractivity contribution in [1.82, 2.24) is 0 Å². The van der Waals surface area contributed by atoms with Gasteiger partial charge in [0.1, 0.15) is 11.5 Å². The van der Waals surface area contributed by atoms with Crippen LogP contribution in [-0.2, 0) is 0 Å². The molecule has 36 heavy (non-hydrogen) atoms. The molecule has 0 aliphatic rings. The number of aromatic carboxylic acids is 2. The quantitative estimate of drug-likeness (QED) is 0.220. The third-order valence-electron chi connectivity index (χ3n) is 5.35. The third kappa shape index (κ3) is 4.50. The summed E-state index contributed by atoms with van der Waals surface area (Å²) in [5, 5.41) is 43.9. The van der Waals surface area contributed by atoms with Crippen LogP contribution in [0.2, 0.25) is 0 Å². The van der Waals surface area contributed by atoms with Crippen LogP contribution < -0.4 is 10.6 Å². The fourth-order valence-corrected chi connectivity index (χ4v) is 3.81. The topological polar surface area (TPSA) is 173 Å². The molecule has 0 fully saturated rings. The van der Waals surface area contributed by atoms with Crippen molar-refractivity contribution in [2.45, 2.75) is 0 Å². The molecule has 0 aromatic heterocycles. The van der Waals surface area contributed by atoms with Gasteiger partial charge in [-0.2, -0.15) is 0 Å². The number of nitrogens with one attached hydrogen (secondary N) is 2. The zero-order chi connectivity index (χ0) is 26.0. The van der Waals surface area contributed by atoms with Gasteiger partial charge in [0.15, 0.2) is 0 Å². The molecule has 0 saturated carbocycles. The largest absolute Gasteiger partial charge is 0.508 e. The zero-order valence-electron chi connectivity index (χ0n) is 18.4. The second-order valence-corrected chi connectivity index (χ2v) is 7.66. The van der Waals surface area contributed by atoms with Crippen LogP contribution in [0.1, 0.15) is 41.4 Å². The van der Waals surface area contributed by atoms with Gasteiger partial charge in [-0.3, -0.25) is 9.59 Å². The lowest BCUT2D eigenvalue weighted by atomic mass is 9.87. The summed E-state index contributed by atoms with van der Waals surface area (Å²) in [6, 6.07) is 16.5. The molecule has 6 N–H and O–H groups in total. The minimum atomic E-state index is -1.72. The number of carbonyl (C=O) groups is 4. The van der Waals surface area contributed by atoms with Crippen molar-refractivity contribution in [1.29, 1.82) is 0 Å². The predicted molar refractivity (Wildman–Crippen MR) is 130 cm³/mol. The monoisotopic (exact) mass is 486 g/mol. The van der Waals surface area contributed by atoms with E-state index in [-0.39, 0.29) is 39.2 Å². The van der Waals surface area contributed by atoms with Crippen LogP contribution in [0.3, 0.4) is 0 Å². The zero-order valence-corrected chi connectivity index (χ0v) is 18.4. The maximum Gasteiger partial charge on any atom is 0.337 e. The van der Waals surface area contributed by atoms with E-state index in [1.165, 1.54) is 72.8 Å². The smallest absolute Gasteiger partial charge is 0.337 e. The van der Waals surface area contributed by atoms with E-state index >= 15 is 0 Å². The number of benzene rings is 4. The molecule has 10 heteroatoms. The molecular weight excluding hydrogens is 468 g/mol. The van der Waals surface area contributed by atoms with E-state index in [9.17, 15) is 39.6 Å². The van der Waals surface area contributed by atoms with Crippen LogP contribution in [0, 0.1) is 0 Å². The molecule has 10 nitrogen and oxygen atoms in total. The fourth-order valence-electron chi connectivity index (χ4n) is 3.81. The third-order valence-corrected chi connectivity index (χ3v) is 5.35. The molecule has 4 rings (SSSR count). The molecule has 2 amide bonds. The molecule has 0 aliphatic heterocycles. The first-order valence-corrected chi connectivity index (χ1v) is 10.4. The van der Waals surface area contributed by atoms with Gasteiger partial charge in [-0.15, -0.1) is 0 Å². The van der Waals surface area contributed by atoms with Gasteiger partial charge in [-0.1, -0.05) is 24.3 Å². The van der Waals surface area contributed by atoms with Gasteiger partial charge < -0.3 is 31.1 Å². The van der Waals surface area contributed by atoms with Crippen LogP contribution in [0.15, 0.2) is 72.8 Å². The summed E-state index contributed by atoms with van der Waals surface area (Å²) in [5.74, 6) is -5.34. The highest BCUT2D eigenvalue weighted by Gasteiger charge is 2.33. The van der Waals surface area contributed by atoms with Crippen LogP contribution in [-0.4, -0.2) is 44.2 Å². The average Bonchev–Trinajstić information content (AvgIpc) is 2.84. The molecule has 180 valence electrons. The molecule has 0 bridgehead atoms. The number of anilines is 2. The van der Waals surface area contributed by atoms with Crippen molar-refractivity contribution in [3.05, 3.63) is 95.1 Å². The number of fused-ring (bicyclic) bond motifs is 1. The molecule has 0 heterocycles. The number of phenols is 2. The lowest BCUT2D eigenvalue weighted by Crippen LogP contribution is -2.26. The van der Waals surface area contributed by atoms with Crippen LogP contribution >= 0.6 is 0 Å². The number of carboxylic acid groups (broad SMARTS) is 2. The highest BCUT2D eigenvalue weighted by atomic mass is 16.4. The van der Waals surface area contributed by atoms with Crippen LogP contribution in [0.4, 0.5) is 11.4 Å². The summed E-state index contributed by atoms with van der Waals surface area (Å²) in [6.07, 6.45) is 0. The van der Waals surface area contributed by atoms with Gasteiger partial charge in [0.05, 0.1) is 22.3 Å². The number of amides is 2. The van der Waals surface area contributed by atoms with E-state index in [0.717, 1.165) is 0 Å².